The average molecular weight is 314 g/mol. The van der Waals surface area contributed by atoms with E-state index in [9.17, 15) is 28.2 Å². The number of primary sulfonamides is 1. The molecule has 0 radical (unpaired) electrons. The van der Waals surface area contributed by atoms with Crippen LogP contribution >= 0.6 is 0 Å². The first-order valence-electron chi connectivity index (χ1n) is 6.03. The molecule has 4 N–H and O–H groups in total. The number of nitrogens with zero attached hydrogens (tertiary/aromatic N) is 1. The molecule has 1 aliphatic heterocycles. The van der Waals surface area contributed by atoms with E-state index < -0.39 is 33.2 Å². The Labute approximate surface area is 120 Å². The Morgan fingerprint density at radius 2 is 1.90 bits per heavy atom. The van der Waals surface area contributed by atoms with Crippen LogP contribution in [0.4, 0.5) is 0 Å². The molecule has 2 atom stereocenters. The zero-order chi connectivity index (χ0) is 15.8. The summed E-state index contributed by atoms with van der Waals surface area (Å²) >= 11 is 0. The third kappa shape index (κ3) is 3.14. The second kappa shape index (κ2) is 5.34. The van der Waals surface area contributed by atoms with Crippen LogP contribution in [0.25, 0.3) is 0 Å². The summed E-state index contributed by atoms with van der Waals surface area (Å²) in [5.74, 6) is -1.92. The van der Waals surface area contributed by atoms with Crippen molar-refractivity contribution in [3.05, 3.63) is 29.8 Å². The van der Waals surface area contributed by atoms with Crippen molar-refractivity contribution in [3.8, 4) is 5.75 Å². The molecule has 2 unspecified atom stereocenters. The van der Waals surface area contributed by atoms with Crippen LogP contribution in [-0.2, 0) is 19.6 Å². The molecule has 2 rings (SSSR count). The van der Waals surface area contributed by atoms with Gasteiger partial charge in [0, 0.05) is 13.0 Å². The van der Waals surface area contributed by atoms with Crippen molar-refractivity contribution < 1.29 is 28.2 Å². The monoisotopic (exact) mass is 314 g/mol. The molecule has 114 valence electrons. The molecule has 1 aromatic carbocycles. The van der Waals surface area contributed by atoms with E-state index in [1.807, 2.05) is 0 Å². The van der Waals surface area contributed by atoms with E-state index in [0.29, 0.717) is 0 Å². The molecule has 1 amide bonds. The zero-order valence-corrected chi connectivity index (χ0v) is 11.7. The van der Waals surface area contributed by atoms with Crippen molar-refractivity contribution in [2.45, 2.75) is 17.7 Å². The van der Waals surface area contributed by atoms with Gasteiger partial charge in [-0.2, -0.15) is 0 Å². The minimum Gasteiger partial charge on any atom is -0.508 e. The number of nitrogens with two attached hydrogens (primary N) is 1. The third-order valence-corrected chi connectivity index (χ3v) is 4.59. The topological polar surface area (TPSA) is 138 Å². The molecule has 1 saturated heterocycles. The first-order valence-corrected chi connectivity index (χ1v) is 7.64. The van der Waals surface area contributed by atoms with Crippen LogP contribution in [0.2, 0.25) is 0 Å². The molecular formula is C12H14N2O6S. The number of hydrogen-bond acceptors (Lipinski definition) is 5. The summed E-state index contributed by atoms with van der Waals surface area (Å²) in [4.78, 5) is 24.3. The first-order chi connectivity index (χ1) is 9.70. The second-order valence-electron chi connectivity index (χ2n) is 4.79. The number of amides is 1. The number of carboxylic acids is 1. The zero-order valence-electron chi connectivity index (χ0n) is 10.8. The van der Waals surface area contributed by atoms with Crippen LogP contribution in [0.3, 0.4) is 0 Å². The standard InChI is InChI=1S/C12H14N2O6S/c13-21(19,20)9-5-10(16)14(6-9)11(12(17)18)7-1-3-8(15)4-2-7/h1-4,9,11,15H,5-6H2,(H,17,18)(H2,13,19,20). The Balaban J connectivity index is 2.34. The lowest BCUT2D eigenvalue weighted by atomic mass is 10.1. The molecule has 1 fully saturated rings. The minimum absolute atomic E-state index is 0.0435. The van der Waals surface area contributed by atoms with Crippen molar-refractivity contribution in [3.63, 3.8) is 0 Å². The quantitative estimate of drug-likeness (QED) is 0.679. The number of phenolic OH excluding ortho intramolecular Hbond substituents is 1. The predicted molar refractivity (Wildman–Crippen MR) is 71.7 cm³/mol. The van der Waals surface area contributed by atoms with Crippen molar-refractivity contribution in [1.82, 2.24) is 4.90 Å². The minimum atomic E-state index is -3.91. The molecule has 0 aromatic heterocycles. The van der Waals surface area contributed by atoms with E-state index in [-0.39, 0.29) is 24.3 Å². The fourth-order valence-electron chi connectivity index (χ4n) is 2.28. The van der Waals surface area contributed by atoms with Gasteiger partial charge in [-0.1, -0.05) is 12.1 Å². The molecule has 9 heteroatoms. The highest BCUT2D eigenvalue weighted by molar-refractivity contribution is 7.89. The number of carbonyl (C=O) groups is 2. The molecule has 1 aliphatic rings. The van der Waals surface area contributed by atoms with E-state index in [0.717, 1.165) is 4.90 Å². The normalized spacial score (nSPS) is 20.5. The highest BCUT2D eigenvalue weighted by atomic mass is 32.2. The Bertz CT molecular complexity index is 669. The Kier molecular flexibility index (Phi) is 3.88. The molecule has 1 heterocycles. The fraction of sp³-hybridized carbons (Fsp3) is 0.333. The molecule has 0 aliphatic carbocycles. The maximum absolute atomic E-state index is 11.9. The Morgan fingerprint density at radius 3 is 2.33 bits per heavy atom. The number of sulfonamides is 1. The van der Waals surface area contributed by atoms with Crippen LogP contribution in [-0.4, -0.2) is 47.2 Å². The van der Waals surface area contributed by atoms with E-state index in [2.05, 4.69) is 0 Å². The highest BCUT2D eigenvalue weighted by Crippen LogP contribution is 2.29. The van der Waals surface area contributed by atoms with Gasteiger partial charge in [-0.05, 0) is 17.7 Å². The van der Waals surface area contributed by atoms with E-state index in [1.54, 1.807) is 0 Å². The number of hydrogen-bond donors (Lipinski definition) is 3. The van der Waals surface area contributed by atoms with Crippen molar-refractivity contribution >= 4 is 21.9 Å². The Morgan fingerprint density at radius 1 is 1.33 bits per heavy atom. The van der Waals surface area contributed by atoms with Gasteiger partial charge in [-0.25, -0.2) is 18.4 Å². The van der Waals surface area contributed by atoms with Gasteiger partial charge in [0.1, 0.15) is 11.0 Å². The maximum Gasteiger partial charge on any atom is 0.331 e. The van der Waals surface area contributed by atoms with Crippen molar-refractivity contribution in [2.75, 3.05) is 6.54 Å². The summed E-state index contributed by atoms with van der Waals surface area (Å²) in [6.07, 6.45) is -0.333. The molecule has 21 heavy (non-hydrogen) atoms. The van der Waals surface area contributed by atoms with Crippen LogP contribution in [0.1, 0.15) is 18.0 Å². The molecular weight excluding hydrogens is 300 g/mol. The van der Waals surface area contributed by atoms with Crippen LogP contribution < -0.4 is 5.14 Å². The maximum atomic E-state index is 11.9. The lowest BCUT2D eigenvalue weighted by Gasteiger charge is -2.24. The van der Waals surface area contributed by atoms with Crippen LogP contribution in [0, 0.1) is 0 Å². The number of phenols is 1. The number of aliphatic carboxylic acids is 1. The number of benzene rings is 1. The van der Waals surface area contributed by atoms with E-state index in [4.69, 9.17) is 5.14 Å². The summed E-state index contributed by atoms with van der Waals surface area (Å²) in [6.45, 7) is -0.268. The summed E-state index contributed by atoms with van der Waals surface area (Å²) in [6, 6.07) is 4.01. The van der Waals surface area contributed by atoms with E-state index >= 15 is 0 Å². The highest BCUT2D eigenvalue weighted by Gasteiger charge is 2.42. The molecule has 0 saturated carbocycles. The number of rotatable bonds is 4. The summed E-state index contributed by atoms with van der Waals surface area (Å²) in [5.41, 5.74) is 0.267. The van der Waals surface area contributed by atoms with Gasteiger partial charge in [0.15, 0.2) is 6.04 Å². The van der Waals surface area contributed by atoms with Crippen LogP contribution in [0.5, 0.6) is 5.75 Å². The van der Waals surface area contributed by atoms with Crippen molar-refractivity contribution in [2.24, 2.45) is 5.14 Å². The van der Waals surface area contributed by atoms with Gasteiger partial charge >= 0.3 is 5.97 Å². The van der Waals surface area contributed by atoms with Gasteiger partial charge in [0.05, 0.1) is 0 Å². The van der Waals surface area contributed by atoms with Gasteiger partial charge in [-0.3, -0.25) is 4.79 Å². The summed E-state index contributed by atoms with van der Waals surface area (Å²) < 4.78 is 22.6. The largest absolute Gasteiger partial charge is 0.508 e. The smallest absolute Gasteiger partial charge is 0.331 e. The predicted octanol–water partition coefficient (Wildman–Crippen LogP) is -0.593. The van der Waals surface area contributed by atoms with Crippen LogP contribution in [0.15, 0.2) is 24.3 Å². The number of carbonyl (C=O) groups excluding carboxylic acids is 1. The summed E-state index contributed by atoms with van der Waals surface area (Å²) in [7, 11) is -3.91. The first kappa shape index (κ1) is 15.3. The molecule has 1 aromatic rings. The SMILES string of the molecule is NS(=O)(=O)C1CC(=O)N(C(C(=O)O)c2ccc(O)cc2)C1. The summed E-state index contributed by atoms with van der Waals surface area (Å²) in [5, 5.41) is 22.5. The fourth-order valence-corrected chi connectivity index (χ4v) is 3.02. The van der Waals surface area contributed by atoms with Gasteiger partial charge in [0.25, 0.3) is 0 Å². The number of carboxylic acid groups (broad SMARTS) is 1. The number of likely N-dealkylation sites (tertiary alicyclic amines) is 1. The van der Waals surface area contributed by atoms with Gasteiger partial charge in [0.2, 0.25) is 15.9 Å². The Hall–Kier alpha value is -2.13. The third-order valence-electron chi connectivity index (χ3n) is 3.34. The average Bonchev–Trinajstić information content (AvgIpc) is 2.74. The van der Waals surface area contributed by atoms with E-state index in [1.165, 1.54) is 24.3 Å². The van der Waals surface area contributed by atoms with Gasteiger partial charge in [-0.15, -0.1) is 0 Å². The molecule has 0 bridgehead atoms. The number of aromatic hydroxyl groups is 1. The second-order valence-corrected chi connectivity index (χ2v) is 6.64. The molecule has 0 spiro atoms. The molecule has 8 nitrogen and oxygen atoms in total. The van der Waals surface area contributed by atoms with Crippen molar-refractivity contribution in [1.29, 1.82) is 0 Å². The lowest BCUT2D eigenvalue weighted by Crippen LogP contribution is -2.37. The lowest BCUT2D eigenvalue weighted by molar-refractivity contribution is -0.148. The van der Waals surface area contributed by atoms with Gasteiger partial charge < -0.3 is 15.1 Å².